The van der Waals surface area contributed by atoms with Gasteiger partial charge in [0.15, 0.2) is 0 Å². The first kappa shape index (κ1) is 16.9. The molecule has 22 heavy (non-hydrogen) atoms. The van der Waals surface area contributed by atoms with Gasteiger partial charge in [-0.1, -0.05) is 19.2 Å². The molecule has 0 fully saturated rings. The van der Waals surface area contributed by atoms with Gasteiger partial charge in [0.1, 0.15) is 20.2 Å². The number of aromatic amines is 1. The molecule has 1 aliphatic heterocycles. The van der Waals surface area contributed by atoms with E-state index >= 15 is 0 Å². The molecule has 2 atom stereocenters. The van der Waals surface area contributed by atoms with Crippen LogP contribution in [0.15, 0.2) is 34.0 Å². The Labute approximate surface area is 131 Å². The quantitative estimate of drug-likeness (QED) is 0.668. The van der Waals surface area contributed by atoms with Crippen molar-refractivity contribution in [2.45, 2.75) is 50.9 Å². The highest BCUT2D eigenvalue weighted by atomic mass is 28.3. The van der Waals surface area contributed by atoms with Crippen LogP contribution in [0.2, 0.25) is 13.1 Å². The maximum Gasteiger partial charge on any atom is 0.330 e. The van der Waals surface area contributed by atoms with Crippen LogP contribution in [-0.2, 0) is 14.8 Å². The van der Waals surface area contributed by atoms with Crippen LogP contribution in [0.3, 0.4) is 0 Å². The van der Waals surface area contributed by atoms with Crippen LogP contribution in [0, 0.1) is 0 Å². The molecule has 0 amide bonds. The molecule has 0 saturated heterocycles. The number of aromatic nitrogens is 2. The van der Waals surface area contributed by atoms with Crippen molar-refractivity contribution in [2.24, 2.45) is 0 Å². The maximum absolute atomic E-state index is 12.1. The van der Waals surface area contributed by atoms with E-state index in [1.54, 1.807) is 0 Å². The molecule has 6 nitrogen and oxygen atoms in total. The Morgan fingerprint density at radius 3 is 2.64 bits per heavy atom. The molecule has 1 N–H and O–H groups in total. The fraction of sp³-hybridized carbons (Fsp3) is 0.600. The zero-order valence-electron chi connectivity index (χ0n) is 13.7. The third kappa shape index (κ3) is 3.48. The summed E-state index contributed by atoms with van der Waals surface area (Å²) >= 11 is 0. The summed E-state index contributed by atoms with van der Waals surface area (Å²) in [6.45, 7) is 10.5. The fourth-order valence-corrected chi connectivity index (χ4v) is 3.78. The van der Waals surface area contributed by atoms with E-state index in [1.165, 1.54) is 16.8 Å². The molecular weight excluding hydrogens is 300 g/mol. The van der Waals surface area contributed by atoms with Gasteiger partial charge in [0.2, 0.25) is 0 Å². The van der Waals surface area contributed by atoms with Gasteiger partial charge in [0.25, 0.3) is 5.56 Å². The summed E-state index contributed by atoms with van der Waals surface area (Å²) in [5.41, 5.74) is -1.11. The number of rotatable bonds is 4. The Morgan fingerprint density at radius 2 is 2.09 bits per heavy atom. The molecule has 121 valence electrons. The first-order valence-electron chi connectivity index (χ1n) is 7.28. The lowest BCUT2D eigenvalue weighted by atomic mass is 10.2. The molecule has 2 rings (SSSR count). The second-order valence-electron chi connectivity index (χ2n) is 6.62. The van der Waals surface area contributed by atoms with Crippen LogP contribution < -0.4 is 11.2 Å². The van der Waals surface area contributed by atoms with E-state index in [4.69, 9.17) is 9.47 Å². The average Bonchev–Trinajstić information content (AvgIpc) is 2.81. The predicted octanol–water partition coefficient (Wildman–Crippen LogP) is 1.25. The van der Waals surface area contributed by atoms with Crippen LogP contribution in [0.1, 0.15) is 20.8 Å². The number of nitrogens with zero attached hydrogens (tertiary/aromatic N) is 1. The number of hydrogen-bond acceptors (Lipinski definition) is 4. The third-order valence-electron chi connectivity index (χ3n) is 3.45. The Morgan fingerprint density at radius 1 is 1.41 bits per heavy atom. The van der Waals surface area contributed by atoms with E-state index in [0.717, 1.165) is 0 Å². The van der Waals surface area contributed by atoms with E-state index in [1.807, 2.05) is 32.9 Å². The molecule has 7 heteroatoms. The minimum Gasteiger partial charge on any atom is -0.373 e. The summed E-state index contributed by atoms with van der Waals surface area (Å²) in [5.74, 6) is 0. The number of H-pyrrole nitrogens is 1. The summed E-state index contributed by atoms with van der Waals surface area (Å²) in [6, 6.07) is 1.34. The van der Waals surface area contributed by atoms with E-state index in [9.17, 15) is 9.59 Å². The minimum atomic E-state index is -1.07. The van der Waals surface area contributed by atoms with Gasteiger partial charge in [-0.3, -0.25) is 14.3 Å². The fourth-order valence-electron chi connectivity index (χ4n) is 2.31. The van der Waals surface area contributed by atoms with E-state index < -0.39 is 25.4 Å². The Bertz CT molecular complexity index is 671. The van der Waals surface area contributed by atoms with Crippen LogP contribution in [0.4, 0.5) is 0 Å². The molecule has 1 radical (unpaired) electrons. The molecule has 0 unspecified atom stereocenters. The molecule has 1 aromatic rings. The first-order valence-corrected chi connectivity index (χ1v) is 9.78. The largest absolute Gasteiger partial charge is 0.373 e. The molecule has 0 saturated carbocycles. The van der Waals surface area contributed by atoms with Gasteiger partial charge in [-0.25, -0.2) is 4.79 Å². The molecule has 1 aliphatic rings. The van der Waals surface area contributed by atoms with Gasteiger partial charge in [-0.15, -0.1) is 0 Å². The SMILES string of the molecule is C[Si](C)[C@]1(n2ccc(=O)[nH]c2=O)C=C[C@@H](COC(C)(C)C)O1. The van der Waals surface area contributed by atoms with Crippen molar-refractivity contribution in [1.29, 1.82) is 0 Å². The van der Waals surface area contributed by atoms with Crippen molar-refractivity contribution < 1.29 is 9.47 Å². The van der Waals surface area contributed by atoms with E-state index in [0.29, 0.717) is 6.61 Å². The van der Waals surface area contributed by atoms with Crippen molar-refractivity contribution in [2.75, 3.05) is 6.61 Å². The molecule has 0 aromatic carbocycles. The molecular formula is C15H23N2O4Si. The van der Waals surface area contributed by atoms with Crippen molar-refractivity contribution in [3.05, 3.63) is 45.3 Å². The smallest absolute Gasteiger partial charge is 0.330 e. The van der Waals surface area contributed by atoms with Crippen LogP contribution in [0.5, 0.6) is 0 Å². The van der Waals surface area contributed by atoms with Crippen LogP contribution >= 0.6 is 0 Å². The monoisotopic (exact) mass is 323 g/mol. The van der Waals surface area contributed by atoms with Crippen molar-refractivity contribution in [3.8, 4) is 0 Å². The van der Waals surface area contributed by atoms with Gasteiger partial charge in [-0.05, 0) is 26.8 Å². The molecule has 2 heterocycles. The van der Waals surface area contributed by atoms with Crippen LogP contribution in [-0.4, -0.2) is 36.7 Å². The Kier molecular flexibility index (Phi) is 4.60. The third-order valence-corrected chi connectivity index (χ3v) is 5.40. The molecule has 1 aromatic heterocycles. The summed E-state index contributed by atoms with van der Waals surface area (Å²) in [7, 11) is -1.07. The standard InChI is InChI=1S/C15H23N2O4Si/c1-14(2,3)20-10-11-6-8-15(21-11,22(4)5)17-9-7-12(18)16-13(17)19/h6-9,11H,10H2,1-5H3,(H,16,18,19)/t11-,15-/m0/s1. The Balaban J connectivity index is 2.28. The highest BCUT2D eigenvalue weighted by molar-refractivity contribution is 6.58. The van der Waals surface area contributed by atoms with Gasteiger partial charge in [-0.2, -0.15) is 0 Å². The zero-order valence-corrected chi connectivity index (χ0v) is 14.7. The van der Waals surface area contributed by atoms with Gasteiger partial charge >= 0.3 is 5.69 Å². The van der Waals surface area contributed by atoms with Crippen LogP contribution in [0.25, 0.3) is 0 Å². The van der Waals surface area contributed by atoms with Crippen molar-refractivity contribution in [1.82, 2.24) is 9.55 Å². The summed E-state index contributed by atoms with van der Waals surface area (Å²) in [4.78, 5) is 25.7. The number of ether oxygens (including phenoxy) is 2. The van der Waals surface area contributed by atoms with Crippen molar-refractivity contribution in [3.63, 3.8) is 0 Å². The first-order chi connectivity index (χ1) is 10.1. The maximum atomic E-state index is 12.1. The lowest BCUT2D eigenvalue weighted by Gasteiger charge is -2.34. The van der Waals surface area contributed by atoms with Gasteiger partial charge < -0.3 is 9.47 Å². The van der Waals surface area contributed by atoms with E-state index in [-0.39, 0.29) is 11.7 Å². The normalized spacial score (nSPS) is 25.1. The van der Waals surface area contributed by atoms with Gasteiger partial charge in [0.05, 0.1) is 12.2 Å². The summed E-state index contributed by atoms with van der Waals surface area (Å²) < 4.78 is 13.4. The molecule has 0 bridgehead atoms. The summed E-state index contributed by atoms with van der Waals surface area (Å²) in [6.07, 6.45) is 5.13. The lowest BCUT2D eigenvalue weighted by Crippen LogP contribution is -2.51. The highest BCUT2D eigenvalue weighted by Gasteiger charge is 2.42. The van der Waals surface area contributed by atoms with E-state index in [2.05, 4.69) is 18.1 Å². The lowest BCUT2D eigenvalue weighted by molar-refractivity contribution is -0.0919. The topological polar surface area (TPSA) is 73.3 Å². The second kappa shape index (κ2) is 5.98. The van der Waals surface area contributed by atoms with Gasteiger partial charge in [0, 0.05) is 12.3 Å². The minimum absolute atomic E-state index is 0.210. The zero-order chi connectivity index (χ0) is 16.5. The second-order valence-corrected chi connectivity index (χ2v) is 9.33. The number of nitrogens with one attached hydrogen (secondary N) is 1. The Hall–Kier alpha value is -1.44. The average molecular weight is 323 g/mol. The highest BCUT2D eigenvalue weighted by Crippen LogP contribution is 2.30. The summed E-state index contributed by atoms with van der Waals surface area (Å²) in [5, 5.41) is -0.808. The van der Waals surface area contributed by atoms with Crippen molar-refractivity contribution >= 4 is 8.80 Å². The molecule has 0 spiro atoms. The number of hydrogen-bond donors (Lipinski definition) is 1. The predicted molar refractivity (Wildman–Crippen MR) is 86.5 cm³/mol. The molecule has 0 aliphatic carbocycles.